The topological polar surface area (TPSA) is 92.5 Å². The number of hydrogen-bond donors (Lipinski definition) is 2. The number of carbonyl (C=O) groups excluding carboxylic acids is 1. The van der Waals surface area contributed by atoms with E-state index < -0.39 is 21.7 Å². The standard InChI is InChI=1S/C10H13BrFN3O3S/c1-15(2)10(16)5-14-19(17,18)9-4-8(13)7(12)3-6(9)11/h3-4,14H,5,13H2,1-2H3. The van der Waals surface area contributed by atoms with Gasteiger partial charge in [-0.15, -0.1) is 0 Å². The van der Waals surface area contributed by atoms with Crippen molar-refractivity contribution >= 4 is 37.5 Å². The third-order valence-corrected chi connectivity index (χ3v) is 4.61. The second-order valence-electron chi connectivity index (χ2n) is 3.92. The molecule has 0 unspecified atom stereocenters. The normalized spacial score (nSPS) is 11.4. The van der Waals surface area contributed by atoms with Crippen molar-refractivity contribution in [2.45, 2.75) is 4.90 Å². The number of carbonyl (C=O) groups is 1. The van der Waals surface area contributed by atoms with Crippen molar-refractivity contribution in [1.29, 1.82) is 0 Å². The molecular weight excluding hydrogens is 341 g/mol. The van der Waals surface area contributed by atoms with E-state index in [1.165, 1.54) is 19.0 Å². The molecule has 106 valence electrons. The number of hydrogen-bond acceptors (Lipinski definition) is 4. The molecule has 1 rings (SSSR count). The Morgan fingerprint density at radius 1 is 1.47 bits per heavy atom. The zero-order chi connectivity index (χ0) is 14.8. The first-order valence-corrected chi connectivity index (χ1v) is 7.37. The van der Waals surface area contributed by atoms with Crippen LogP contribution in [-0.2, 0) is 14.8 Å². The maximum absolute atomic E-state index is 13.1. The lowest BCUT2D eigenvalue weighted by Gasteiger charge is -2.12. The number of nitrogens with zero attached hydrogens (tertiary/aromatic N) is 1. The summed E-state index contributed by atoms with van der Waals surface area (Å²) in [4.78, 5) is 12.4. The first kappa shape index (κ1) is 15.9. The van der Waals surface area contributed by atoms with Gasteiger partial charge in [-0.1, -0.05) is 0 Å². The molecule has 1 aromatic carbocycles. The predicted octanol–water partition coefficient (Wildman–Crippen LogP) is 0.537. The summed E-state index contributed by atoms with van der Waals surface area (Å²) in [6.07, 6.45) is 0. The Morgan fingerprint density at radius 3 is 2.58 bits per heavy atom. The summed E-state index contributed by atoms with van der Waals surface area (Å²) >= 11 is 2.94. The summed E-state index contributed by atoms with van der Waals surface area (Å²) in [6, 6.07) is 1.94. The molecule has 0 atom stereocenters. The molecule has 1 amide bonds. The van der Waals surface area contributed by atoms with Crippen LogP contribution in [0.15, 0.2) is 21.5 Å². The molecule has 0 radical (unpaired) electrons. The van der Waals surface area contributed by atoms with Gasteiger partial charge in [-0.3, -0.25) is 4.79 Å². The third-order valence-electron chi connectivity index (χ3n) is 2.25. The molecule has 0 saturated carbocycles. The fourth-order valence-corrected chi connectivity index (χ4v) is 3.16. The number of rotatable bonds is 4. The molecule has 0 heterocycles. The highest BCUT2D eigenvalue weighted by Gasteiger charge is 2.21. The van der Waals surface area contributed by atoms with E-state index in [-0.39, 0.29) is 21.6 Å². The highest BCUT2D eigenvalue weighted by atomic mass is 79.9. The van der Waals surface area contributed by atoms with Crippen LogP contribution < -0.4 is 10.5 Å². The number of nitrogens with two attached hydrogens (primary N) is 1. The molecule has 0 bridgehead atoms. The van der Waals surface area contributed by atoms with Crippen LogP contribution in [0, 0.1) is 5.82 Å². The largest absolute Gasteiger partial charge is 0.396 e. The van der Waals surface area contributed by atoms with Crippen molar-refractivity contribution in [3.63, 3.8) is 0 Å². The van der Waals surface area contributed by atoms with Crippen LogP contribution in [0.2, 0.25) is 0 Å². The second kappa shape index (κ2) is 5.85. The minimum atomic E-state index is -3.95. The van der Waals surface area contributed by atoms with Gasteiger partial charge in [-0.05, 0) is 28.1 Å². The quantitative estimate of drug-likeness (QED) is 0.772. The van der Waals surface area contributed by atoms with E-state index in [0.717, 1.165) is 12.1 Å². The van der Waals surface area contributed by atoms with Gasteiger partial charge in [0.15, 0.2) is 0 Å². The van der Waals surface area contributed by atoms with Gasteiger partial charge in [-0.25, -0.2) is 17.5 Å². The average Bonchev–Trinajstić information content (AvgIpc) is 2.30. The maximum atomic E-state index is 13.1. The van der Waals surface area contributed by atoms with Gasteiger partial charge in [0, 0.05) is 18.6 Å². The molecule has 3 N–H and O–H groups in total. The molecule has 19 heavy (non-hydrogen) atoms. The second-order valence-corrected chi connectivity index (χ2v) is 6.51. The van der Waals surface area contributed by atoms with Crippen molar-refractivity contribution < 1.29 is 17.6 Å². The number of benzene rings is 1. The Balaban J connectivity index is 3.01. The number of likely N-dealkylation sites (N-methyl/N-ethyl adjacent to an activating group) is 1. The number of amides is 1. The van der Waals surface area contributed by atoms with Crippen molar-refractivity contribution in [2.24, 2.45) is 0 Å². The molecule has 0 spiro atoms. The molecule has 0 aliphatic carbocycles. The molecule has 0 saturated heterocycles. The van der Waals surface area contributed by atoms with E-state index in [2.05, 4.69) is 20.7 Å². The van der Waals surface area contributed by atoms with E-state index in [1.54, 1.807) is 0 Å². The summed E-state index contributed by atoms with van der Waals surface area (Å²) in [6.45, 7) is -0.390. The van der Waals surface area contributed by atoms with Crippen LogP contribution in [0.3, 0.4) is 0 Å². The molecular formula is C10H13BrFN3O3S. The summed E-state index contributed by atoms with van der Waals surface area (Å²) in [5.74, 6) is -1.13. The number of anilines is 1. The number of halogens is 2. The van der Waals surface area contributed by atoms with Gasteiger partial charge in [0.05, 0.1) is 17.1 Å². The highest BCUT2D eigenvalue weighted by Crippen LogP contribution is 2.26. The summed E-state index contributed by atoms with van der Waals surface area (Å²) in [5, 5.41) is 0. The number of nitrogen functional groups attached to an aromatic ring is 1. The van der Waals surface area contributed by atoms with Gasteiger partial charge in [0.1, 0.15) is 5.82 Å². The molecule has 0 aliphatic heterocycles. The zero-order valence-electron chi connectivity index (χ0n) is 10.3. The summed E-state index contributed by atoms with van der Waals surface area (Å²) < 4.78 is 39.2. The third kappa shape index (κ3) is 3.88. The van der Waals surface area contributed by atoms with E-state index in [1.807, 2.05) is 0 Å². The number of nitrogens with one attached hydrogen (secondary N) is 1. The lowest BCUT2D eigenvalue weighted by Crippen LogP contribution is -2.36. The first-order valence-electron chi connectivity index (χ1n) is 5.09. The van der Waals surface area contributed by atoms with Crippen molar-refractivity contribution in [2.75, 3.05) is 26.4 Å². The van der Waals surface area contributed by atoms with Crippen molar-refractivity contribution in [3.8, 4) is 0 Å². The van der Waals surface area contributed by atoms with Gasteiger partial charge in [0.2, 0.25) is 15.9 Å². The molecule has 0 aliphatic rings. The van der Waals surface area contributed by atoms with Gasteiger partial charge in [0.25, 0.3) is 0 Å². The fraction of sp³-hybridized carbons (Fsp3) is 0.300. The molecule has 0 aromatic heterocycles. The van der Waals surface area contributed by atoms with Gasteiger partial charge in [-0.2, -0.15) is 0 Å². The fourth-order valence-electron chi connectivity index (χ4n) is 1.14. The van der Waals surface area contributed by atoms with E-state index in [0.29, 0.717) is 0 Å². The van der Waals surface area contributed by atoms with Crippen LogP contribution in [0.1, 0.15) is 0 Å². The Labute approximate surface area is 118 Å². The SMILES string of the molecule is CN(C)C(=O)CNS(=O)(=O)c1cc(N)c(F)cc1Br. The minimum Gasteiger partial charge on any atom is -0.396 e. The van der Waals surface area contributed by atoms with Crippen LogP contribution in [-0.4, -0.2) is 39.9 Å². The predicted molar refractivity (Wildman–Crippen MR) is 72.4 cm³/mol. The van der Waals surface area contributed by atoms with Crippen molar-refractivity contribution in [3.05, 3.63) is 22.4 Å². The van der Waals surface area contributed by atoms with E-state index >= 15 is 0 Å². The van der Waals surface area contributed by atoms with Crippen molar-refractivity contribution in [1.82, 2.24) is 9.62 Å². The molecule has 9 heteroatoms. The Morgan fingerprint density at radius 2 is 2.05 bits per heavy atom. The highest BCUT2D eigenvalue weighted by molar-refractivity contribution is 9.10. The van der Waals surface area contributed by atoms with Gasteiger partial charge >= 0.3 is 0 Å². The van der Waals surface area contributed by atoms with Crippen LogP contribution >= 0.6 is 15.9 Å². The lowest BCUT2D eigenvalue weighted by molar-refractivity contribution is -0.127. The first-order chi connectivity index (χ1) is 8.65. The maximum Gasteiger partial charge on any atom is 0.242 e. The Kier molecular flexibility index (Phi) is 4.88. The molecule has 1 aromatic rings. The Bertz CT molecular complexity index is 604. The Hall–Kier alpha value is -1.19. The smallest absolute Gasteiger partial charge is 0.242 e. The van der Waals surface area contributed by atoms with E-state index in [4.69, 9.17) is 5.73 Å². The van der Waals surface area contributed by atoms with Crippen LogP contribution in [0.5, 0.6) is 0 Å². The van der Waals surface area contributed by atoms with Crippen LogP contribution in [0.25, 0.3) is 0 Å². The number of sulfonamides is 1. The monoisotopic (exact) mass is 353 g/mol. The molecule has 6 nitrogen and oxygen atoms in total. The zero-order valence-corrected chi connectivity index (χ0v) is 12.7. The lowest BCUT2D eigenvalue weighted by atomic mass is 10.3. The minimum absolute atomic E-state index is 0.0315. The van der Waals surface area contributed by atoms with Crippen LogP contribution in [0.4, 0.5) is 10.1 Å². The summed E-state index contributed by atoms with van der Waals surface area (Å²) in [7, 11) is -0.945. The summed E-state index contributed by atoms with van der Waals surface area (Å²) in [5.41, 5.74) is 5.04. The average molecular weight is 354 g/mol. The van der Waals surface area contributed by atoms with Gasteiger partial charge < -0.3 is 10.6 Å². The molecule has 0 fully saturated rings. The van der Waals surface area contributed by atoms with E-state index in [9.17, 15) is 17.6 Å².